The van der Waals surface area contributed by atoms with Gasteiger partial charge < -0.3 is 24.8 Å². The molecule has 0 saturated carbocycles. The van der Waals surface area contributed by atoms with E-state index in [4.69, 9.17) is 14.2 Å². The smallest absolute Gasteiger partial charge is 0.191 e. The highest BCUT2D eigenvalue weighted by molar-refractivity contribution is 14.0. The fourth-order valence-electron chi connectivity index (χ4n) is 2.25. The van der Waals surface area contributed by atoms with Crippen LogP contribution < -0.4 is 10.6 Å². The highest BCUT2D eigenvalue weighted by atomic mass is 127. The lowest BCUT2D eigenvalue weighted by Crippen LogP contribution is -2.40. The molecule has 7 heteroatoms. The van der Waals surface area contributed by atoms with Crippen molar-refractivity contribution >= 4 is 29.9 Å². The first-order chi connectivity index (χ1) is 10.9. The van der Waals surface area contributed by atoms with Crippen molar-refractivity contribution in [1.29, 1.82) is 0 Å². The van der Waals surface area contributed by atoms with E-state index < -0.39 is 0 Å². The molecule has 1 saturated heterocycles. The van der Waals surface area contributed by atoms with Crippen LogP contribution in [0.5, 0.6) is 0 Å². The van der Waals surface area contributed by atoms with Gasteiger partial charge in [0.1, 0.15) is 0 Å². The molecule has 6 nitrogen and oxygen atoms in total. The fourth-order valence-corrected chi connectivity index (χ4v) is 2.25. The van der Waals surface area contributed by atoms with Crippen LogP contribution in [0.4, 0.5) is 0 Å². The van der Waals surface area contributed by atoms with Crippen molar-refractivity contribution in [1.82, 2.24) is 10.6 Å². The Morgan fingerprint density at radius 2 is 1.87 bits per heavy atom. The molecule has 0 radical (unpaired) electrons. The number of guanidine groups is 1. The van der Waals surface area contributed by atoms with E-state index >= 15 is 0 Å². The lowest BCUT2D eigenvalue weighted by molar-refractivity contribution is 0.0487. The van der Waals surface area contributed by atoms with Crippen LogP contribution in [0.25, 0.3) is 0 Å². The van der Waals surface area contributed by atoms with Crippen LogP contribution in [0, 0.1) is 0 Å². The Morgan fingerprint density at radius 1 is 1.13 bits per heavy atom. The number of hydrogen-bond donors (Lipinski definition) is 2. The topological polar surface area (TPSA) is 64.1 Å². The Bertz CT molecular complexity index is 288. The summed E-state index contributed by atoms with van der Waals surface area (Å²) in [5.41, 5.74) is 0. The zero-order valence-corrected chi connectivity index (χ0v) is 17.0. The van der Waals surface area contributed by atoms with Crippen molar-refractivity contribution in [3.8, 4) is 0 Å². The maximum absolute atomic E-state index is 5.60. The number of nitrogens with zero attached hydrogens (tertiary/aromatic N) is 1. The lowest BCUT2D eigenvalue weighted by Gasteiger charge is -2.14. The van der Waals surface area contributed by atoms with Gasteiger partial charge in [-0.15, -0.1) is 24.0 Å². The predicted molar refractivity (Wildman–Crippen MR) is 105 cm³/mol. The molecule has 0 aromatic rings. The van der Waals surface area contributed by atoms with Crippen LogP contribution in [-0.4, -0.2) is 65.2 Å². The number of halogens is 1. The zero-order valence-electron chi connectivity index (χ0n) is 14.6. The standard InChI is InChI=1S/C16H33N3O3.HI/c1-3-4-10-20-13-14-21-12-9-19-16(17-2)18-8-7-15-6-5-11-22-15;/h15H,3-14H2,1-2H3,(H2,17,18,19);1H. The van der Waals surface area contributed by atoms with Gasteiger partial charge in [0, 0.05) is 33.4 Å². The SMILES string of the molecule is CCCCOCCOCCNC(=NC)NCCC1CCCO1.I. The molecule has 1 aliphatic heterocycles. The first-order valence-electron chi connectivity index (χ1n) is 8.58. The molecule has 138 valence electrons. The maximum Gasteiger partial charge on any atom is 0.191 e. The average molecular weight is 443 g/mol. The molecule has 1 fully saturated rings. The summed E-state index contributed by atoms with van der Waals surface area (Å²) in [6.07, 6.45) is 6.12. The Labute approximate surface area is 158 Å². The molecular weight excluding hydrogens is 409 g/mol. The number of hydrogen-bond acceptors (Lipinski definition) is 4. The molecule has 1 rings (SSSR count). The summed E-state index contributed by atoms with van der Waals surface area (Å²) in [6.45, 7) is 7.52. The van der Waals surface area contributed by atoms with Crippen molar-refractivity contribution < 1.29 is 14.2 Å². The van der Waals surface area contributed by atoms with E-state index in [1.807, 2.05) is 0 Å². The van der Waals surface area contributed by atoms with Crippen molar-refractivity contribution in [3.05, 3.63) is 0 Å². The molecule has 0 spiro atoms. The van der Waals surface area contributed by atoms with Crippen LogP contribution in [0.3, 0.4) is 0 Å². The Balaban J connectivity index is 0.00000484. The van der Waals surface area contributed by atoms with E-state index in [-0.39, 0.29) is 24.0 Å². The third kappa shape index (κ3) is 12.9. The van der Waals surface area contributed by atoms with Gasteiger partial charge in [-0.1, -0.05) is 13.3 Å². The Morgan fingerprint density at radius 3 is 2.52 bits per heavy atom. The van der Waals surface area contributed by atoms with E-state index in [9.17, 15) is 0 Å². The largest absolute Gasteiger partial charge is 0.379 e. The molecule has 0 bridgehead atoms. The number of ether oxygens (including phenoxy) is 3. The summed E-state index contributed by atoms with van der Waals surface area (Å²) in [7, 11) is 1.78. The number of unbranched alkanes of at least 4 members (excludes halogenated alkanes) is 1. The second-order valence-electron chi connectivity index (χ2n) is 5.43. The summed E-state index contributed by atoms with van der Waals surface area (Å²) < 4.78 is 16.5. The van der Waals surface area contributed by atoms with Crippen molar-refractivity contribution in [2.75, 3.05) is 53.2 Å². The molecule has 1 heterocycles. The second-order valence-corrected chi connectivity index (χ2v) is 5.43. The first kappa shape index (κ1) is 22.9. The molecular formula is C16H34IN3O3. The van der Waals surface area contributed by atoms with Gasteiger partial charge in [0.2, 0.25) is 0 Å². The van der Waals surface area contributed by atoms with Crippen LogP contribution in [0.2, 0.25) is 0 Å². The highest BCUT2D eigenvalue weighted by Gasteiger charge is 2.14. The van der Waals surface area contributed by atoms with E-state index in [0.717, 1.165) is 45.1 Å². The van der Waals surface area contributed by atoms with E-state index in [2.05, 4.69) is 22.5 Å². The summed E-state index contributed by atoms with van der Waals surface area (Å²) in [4.78, 5) is 4.19. The van der Waals surface area contributed by atoms with E-state index in [1.165, 1.54) is 19.3 Å². The quantitative estimate of drug-likeness (QED) is 0.210. The van der Waals surface area contributed by atoms with Crippen molar-refractivity contribution in [2.24, 2.45) is 4.99 Å². The number of nitrogens with one attached hydrogen (secondary N) is 2. The van der Waals surface area contributed by atoms with Crippen LogP contribution >= 0.6 is 24.0 Å². The minimum Gasteiger partial charge on any atom is -0.379 e. The van der Waals surface area contributed by atoms with E-state index in [0.29, 0.717) is 25.9 Å². The molecule has 0 aromatic heterocycles. The second kappa shape index (κ2) is 16.7. The highest BCUT2D eigenvalue weighted by Crippen LogP contribution is 2.14. The van der Waals surface area contributed by atoms with Gasteiger partial charge in [0.05, 0.1) is 25.9 Å². The third-order valence-corrected chi connectivity index (χ3v) is 3.56. The fraction of sp³-hybridized carbons (Fsp3) is 0.938. The van der Waals surface area contributed by atoms with Gasteiger partial charge in [-0.05, 0) is 25.7 Å². The molecule has 1 aliphatic rings. The van der Waals surface area contributed by atoms with Gasteiger partial charge in [-0.2, -0.15) is 0 Å². The monoisotopic (exact) mass is 443 g/mol. The van der Waals surface area contributed by atoms with Gasteiger partial charge in [-0.3, -0.25) is 4.99 Å². The lowest BCUT2D eigenvalue weighted by atomic mass is 10.2. The third-order valence-electron chi connectivity index (χ3n) is 3.56. The van der Waals surface area contributed by atoms with Gasteiger partial charge in [0.25, 0.3) is 0 Å². The Kier molecular flexibility index (Phi) is 16.6. The summed E-state index contributed by atoms with van der Waals surface area (Å²) in [5, 5.41) is 6.54. The van der Waals surface area contributed by atoms with Crippen molar-refractivity contribution in [3.63, 3.8) is 0 Å². The average Bonchev–Trinajstić information content (AvgIpc) is 3.05. The van der Waals surface area contributed by atoms with E-state index in [1.54, 1.807) is 7.05 Å². The van der Waals surface area contributed by atoms with Gasteiger partial charge in [0.15, 0.2) is 5.96 Å². The van der Waals surface area contributed by atoms with Crippen LogP contribution in [0.1, 0.15) is 39.0 Å². The summed E-state index contributed by atoms with van der Waals surface area (Å²) in [5.74, 6) is 0.820. The van der Waals surface area contributed by atoms with Gasteiger partial charge >= 0.3 is 0 Å². The molecule has 1 atom stereocenters. The van der Waals surface area contributed by atoms with Crippen LogP contribution in [0.15, 0.2) is 4.99 Å². The summed E-state index contributed by atoms with van der Waals surface area (Å²) in [6, 6.07) is 0. The zero-order chi connectivity index (χ0) is 15.9. The molecule has 2 N–H and O–H groups in total. The minimum atomic E-state index is 0. The predicted octanol–water partition coefficient (Wildman–Crippen LogP) is 2.17. The molecule has 23 heavy (non-hydrogen) atoms. The normalized spacial score (nSPS) is 17.8. The number of rotatable bonds is 12. The van der Waals surface area contributed by atoms with Gasteiger partial charge in [-0.25, -0.2) is 0 Å². The van der Waals surface area contributed by atoms with Crippen LogP contribution in [-0.2, 0) is 14.2 Å². The number of aliphatic imine (C=N–C) groups is 1. The summed E-state index contributed by atoms with van der Waals surface area (Å²) >= 11 is 0. The molecule has 0 aromatic carbocycles. The first-order valence-corrected chi connectivity index (χ1v) is 8.58. The molecule has 1 unspecified atom stereocenters. The van der Waals surface area contributed by atoms with Crippen molar-refractivity contribution in [2.45, 2.75) is 45.1 Å². The maximum atomic E-state index is 5.60. The molecule has 0 amide bonds. The minimum absolute atomic E-state index is 0. The Hall–Kier alpha value is -0.120. The molecule has 0 aliphatic carbocycles.